The Hall–Kier alpha value is -1.56. The molecular weight excluding hydrogens is 281 g/mol. The fourth-order valence-corrected chi connectivity index (χ4v) is 2.49. The zero-order chi connectivity index (χ0) is 15.6. The minimum atomic E-state index is -1.55. The zero-order valence-corrected chi connectivity index (χ0v) is 12.2. The molecule has 0 aromatic heterocycles. The van der Waals surface area contributed by atoms with Gasteiger partial charge in [0.15, 0.2) is 17.5 Å². The highest BCUT2D eigenvalue weighted by Crippen LogP contribution is 2.17. The molecule has 0 radical (unpaired) electrons. The van der Waals surface area contributed by atoms with E-state index in [0.29, 0.717) is 19.1 Å². The summed E-state index contributed by atoms with van der Waals surface area (Å²) < 4.78 is 39.3. The van der Waals surface area contributed by atoms with Gasteiger partial charge < -0.3 is 4.90 Å². The van der Waals surface area contributed by atoms with Gasteiger partial charge in [0.05, 0.1) is 0 Å². The molecule has 3 nitrogen and oxygen atoms in total. The maximum atomic E-state index is 13.2. The summed E-state index contributed by atoms with van der Waals surface area (Å²) in [6.45, 7) is 6.70. The van der Waals surface area contributed by atoms with Crippen molar-refractivity contribution in [1.82, 2.24) is 9.80 Å². The molecule has 1 aliphatic heterocycles. The first-order valence-corrected chi connectivity index (χ1v) is 7.12. The smallest absolute Gasteiger partial charge is 0.254 e. The summed E-state index contributed by atoms with van der Waals surface area (Å²) in [6, 6.07) is 1.95. The van der Waals surface area contributed by atoms with E-state index < -0.39 is 23.4 Å². The lowest BCUT2D eigenvalue weighted by Crippen LogP contribution is -2.51. The van der Waals surface area contributed by atoms with Crippen LogP contribution in [0.25, 0.3) is 0 Å². The number of hydrogen-bond donors (Lipinski definition) is 0. The molecule has 0 saturated carbocycles. The second-order valence-corrected chi connectivity index (χ2v) is 5.34. The number of amides is 1. The Labute approximate surface area is 122 Å². The Balaban J connectivity index is 2.05. The van der Waals surface area contributed by atoms with Crippen LogP contribution >= 0.6 is 0 Å². The quantitative estimate of drug-likeness (QED) is 0.801. The molecule has 1 saturated heterocycles. The van der Waals surface area contributed by atoms with Crippen molar-refractivity contribution in [3.05, 3.63) is 35.1 Å². The Morgan fingerprint density at radius 1 is 1.14 bits per heavy atom. The van der Waals surface area contributed by atoms with Crippen molar-refractivity contribution in [3.8, 4) is 0 Å². The first-order chi connectivity index (χ1) is 9.93. The Kier molecular flexibility index (Phi) is 4.88. The van der Waals surface area contributed by atoms with E-state index in [2.05, 4.69) is 18.7 Å². The van der Waals surface area contributed by atoms with Gasteiger partial charge in [-0.1, -0.05) is 6.92 Å². The SMILES string of the molecule is CCC(C)N1CCN(C(=O)c2cc(F)c(F)c(F)c2)CC1. The molecule has 1 aromatic carbocycles. The number of benzene rings is 1. The van der Waals surface area contributed by atoms with Crippen molar-refractivity contribution in [2.75, 3.05) is 26.2 Å². The van der Waals surface area contributed by atoms with Gasteiger partial charge in [-0.25, -0.2) is 13.2 Å². The standard InChI is InChI=1S/C15H19F3N2O/c1-3-10(2)19-4-6-20(7-5-19)15(21)11-8-12(16)14(18)13(17)9-11/h8-10H,3-7H2,1-2H3. The van der Waals surface area contributed by atoms with Crippen LogP contribution in [0.3, 0.4) is 0 Å². The molecule has 0 bridgehead atoms. The van der Waals surface area contributed by atoms with Crippen molar-refractivity contribution in [1.29, 1.82) is 0 Å². The highest BCUT2D eigenvalue weighted by molar-refractivity contribution is 5.94. The molecule has 1 atom stereocenters. The summed E-state index contributed by atoms with van der Waals surface area (Å²) >= 11 is 0. The number of rotatable bonds is 3. The fraction of sp³-hybridized carbons (Fsp3) is 0.533. The molecule has 21 heavy (non-hydrogen) atoms. The van der Waals surface area contributed by atoms with Crippen LogP contribution in [-0.4, -0.2) is 47.9 Å². The van der Waals surface area contributed by atoms with Crippen LogP contribution in [0.15, 0.2) is 12.1 Å². The molecule has 116 valence electrons. The molecule has 0 N–H and O–H groups in total. The summed E-state index contributed by atoms with van der Waals surface area (Å²) in [5.41, 5.74) is -0.150. The van der Waals surface area contributed by atoms with E-state index in [4.69, 9.17) is 0 Å². The average Bonchev–Trinajstić information content (AvgIpc) is 2.50. The number of carbonyl (C=O) groups is 1. The maximum Gasteiger partial charge on any atom is 0.254 e. The van der Waals surface area contributed by atoms with E-state index >= 15 is 0 Å². The Bertz CT molecular complexity index is 505. The number of nitrogens with zero attached hydrogens (tertiary/aromatic N) is 2. The van der Waals surface area contributed by atoms with Gasteiger partial charge in [0.25, 0.3) is 5.91 Å². The van der Waals surface area contributed by atoms with E-state index in [1.165, 1.54) is 0 Å². The van der Waals surface area contributed by atoms with E-state index in [-0.39, 0.29) is 5.56 Å². The van der Waals surface area contributed by atoms with Gasteiger partial charge in [-0.2, -0.15) is 0 Å². The summed E-state index contributed by atoms with van der Waals surface area (Å²) in [4.78, 5) is 16.0. The monoisotopic (exact) mass is 300 g/mol. The fourth-order valence-electron chi connectivity index (χ4n) is 2.49. The molecular formula is C15H19F3N2O. The third-order valence-corrected chi connectivity index (χ3v) is 4.05. The average molecular weight is 300 g/mol. The first kappa shape index (κ1) is 15.8. The molecule has 0 aliphatic carbocycles. The van der Waals surface area contributed by atoms with Gasteiger partial charge in [0.2, 0.25) is 0 Å². The van der Waals surface area contributed by atoms with Crippen LogP contribution in [0.2, 0.25) is 0 Å². The number of halogens is 3. The summed E-state index contributed by atoms with van der Waals surface area (Å²) in [5, 5.41) is 0. The van der Waals surface area contributed by atoms with Crippen LogP contribution in [0, 0.1) is 17.5 Å². The minimum Gasteiger partial charge on any atom is -0.336 e. The number of hydrogen-bond acceptors (Lipinski definition) is 2. The van der Waals surface area contributed by atoms with Crippen LogP contribution in [0.4, 0.5) is 13.2 Å². The van der Waals surface area contributed by atoms with Crippen molar-refractivity contribution in [2.45, 2.75) is 26.3 Å². The lowest BCUT2D eigenvalue weighted by molar-refractivity contribution is 0.0578. The van der Waals surface area contributed by atoms with E-state index in [0.717, 1.165) is 31.6 Å². The van der Waals surface area contributed by atoms with E-state index in [9.17, 15) is 18.0 Å². The Morgan fingerprint density at radius 2 is 1.67 bits per heavy atom. The predicted molar refractivity (Wildman–Crippen MR) is 73.5 cm³/mol. The third kappa shape index (κ3) is 3.37. The highest BCUT2D eigenvalue weighted by atomic mass is 19.2. The van der Waals surface area contributed by atoms with Crippen LogP contribution in [-0.2, 0) is 0 Å². The van der Waals surface area contributed by atoms with Crippen molar-refractivity contribution < 1.29 is 18.0 Å². The van der Waals surface area contributed by atoms with E-state index in [1.54, 1.807) is 4.90 Å². The van der Waals surface area contributed by atoms with Crippen molar-refractivity contribution in [2.24, 2.45) is 0 Å². The lowest BCUT2D eigenvalue weighted by atomic mass is 10.1. The van der Waals surface area contributed by atoms with Gasteiger partial charge in [0.1, 0.15) is 0 Å². The van der Waals surface area contributed by atoms with Gasteiger partial charge in [-0.15, -0.1) is 0 Å². The molecule has 1 amide bonds. The van der Waals surface area contributed by atoms with Crippen LogP contribution in [0.1, 0.15) is 30.6 Å². The number of carbonyl (C=O) groups excluding carboxylic acids is 1. The first-order valence-electron chi connectivity index (χ1n) is 7.12. The summed E-state index contributed by atoms with van der Waals surface area (Å²) in [7, 11) is 0. The predicted octanol–water partition coefficient (Wildman–Crippen LogP) is 2.66. The third-order valence-electron chi connectivity index (χ3n) is 4.05. The molecule has 1 unspecified atom stereocenters. The van der Waals surface area contributed by atoms with Crippen molar-refractivity contribution in [3.63, 3.8) is 0 Å². The second kappa shape index (κ2) is 6.47. The van der Waals surface area contributed by atoms with Crippen LogP contribution in [0.5, 0.6) is 0 Å². The van der Waals surface area contributed by atoms with Gasteiger partial charge in [-0.05, 0) is 25.5 Å². The van der Waals surface area contributed by atoms with Gasteiger partial charge in [0, 0.05) is 37.8 Å². The minimum absolute atomic E-state index is 0.150. The molecule has 1 aliphatic rings. The van der Waals surface area contributed by atoms with E-state index in [1.807, 2.05) is 0 Å². The van der Waals surface area contributed by atoms with Gasteiger partial charge >= 0.3 is 0 Å². The lowest BCUT2D eigenvalue weighted by Gasteiger charge is -2.37. The summed E-state index contributed by atoms with van der Waals surface area (Å²) in [5.74, 6) is -4.68. The Morgan fingerprint density at radius 3 is 2.14 bits per heavy atom. The maximum absolute atomic E-state index is 13.2. The second-order valence-electron chi connectivity index (χ2n) is 5.34. The molecule has 1 heterocycles. The molecule has 1 aromatic rings. The van der Waals surface area contributed by atoms with Gasteiger partial charge in [-0.3, -0.25) is 9.69 Å². The molecule has 0 spiro atoms. The summed E-state index contributed by atoms with van der Waals surface area (Å²) in [6.07, 6.45) is 1.03. The molecule has 6 heteroatoms. The molecule has 2 rings (SSSR count). The zero-order valence-electron chi connectivity index (χ0n) is 12.2. The molecule has 1 fully saturated rings. The largest absolute Gasteiger partial charge is 0.336 e. The normalized spacial score (nSPS) is 17.9. The highest BCUT2D eigenvalue weighted by Gasteiger charge is 2.25. The topological polar surface area (TPSA) is 23.6 Å². The van der Waals surface area contributed by atoms with Crippen LogP contribution < -0.4 is 0 Å². The number of piperazine rings is 1. The van der Waals surface area contributed by atoms with Crippen molar-refractivity contribution >= 4 is 5.91 Å².